The summed E-state index contributed by atoms with van der Waals surface area (Å²) in [5.41, 5.74) is 13.8. The minimum atomic E-state index is 0.502. The lowest BCUT2D eigenvalue weighted by molar-refractivity contribution is 0.880. The first-order chi connectivity index (χ1) is 6.79. The number of nitrogens with zero attached hydrogens (tertiary/aromatic N) is 2. The molecule has 0 saturated carbocycles. The second-order valence-corrected chi connectivity index (χ2v) is 3.09. The maximum Gasteiger partial charge on any atom is 0.0666 e. The van der Waals surface area contributed by atoms with Crippen molar-refractivity contribution in [2.75, 3.05) is 5.73 Å². The number of rotatable bonds is 2. The number of benzene rings is 1. The van der Waals surface area contributed by atoms with E-state index < -0.39 is 0 Å². The predicted octanol–water partition coefficient (Wildman–Crippen LogP) is 0.913. The van der Waals surface area contributed by atoms with E-state index in [2.05, 4.69) is 5.10 Å². The van der Waals surface area contributed by atoms with E-state index in [0.717, 1.165) is 16.9 Å². The van der Waals surface area contributed by atoms with Gasteiger partial charge in [0.05, 0.1) is 11.9 Å². The van der Waals surface area contributed by atoms with Crippen molar-refractivity contribution in [3.8, 4) is 5.69 Å². The van der Waals surface area contributed by atoms with Gasteiger partial charge in [0.25, 0.3) is 0 Å². The van der Waals surface area contributed by atoms with Gasteiger partial charge in [-0.1, -0.05) is 6.07 Å². The number of aromatic nitrogens is 2. The normalized spacial score (nSPS) is 10.4. The van der Waals surface area contributed by atoms with Crippen molar-refractivity contribution in [3.05, 3.63) is 42.2 Å². The van der Waals surface area contributed by atoms with Crippen LogP contribution < -0.4 is 11.5 Å². The van der Waals surface area contributed by atoms with Crippen molar-refractivity contribution < 1.29 is 0 Å². The Morgan fingerprint density at radius 2 is 2.21 bits per heavy atom. The third-order valence-corrected chi connectivity index (χ3v) is 2.01. The topological polar surface area (TPSA) is 69.9 Å². The van der Waals surface area contributed by atoms with Crippen molar-refractivity contribution in [3.63, 3.8) is 0 Å². The number of nitrogens with two attached hydrogens (primary N) is 2. The third kappa shape index (κ3) is 1.60. The molecule has 0 aliphatic carbocycles. The summed E-state index contributed by atoms with van der Waals surface area (Å²) in [4.78, 5) is 0. The van der Waals surface area contributed by atoms with Gasteiger partial charge in [0.1, 0.15) is 0 Å². The molecule has 0 aliphatic heterocycles. The molecular weight excluding hydrogens is 176 g/mol. The van der Waals surface area contributed by atoms with E-state index in [1.54, 1.807) is 10.9 Å². The van der Waals surface area contributed by atoms with Gasteiger partial charge in [-0.05, 0) is 18.2 Å². The molecular formula is C10H12N4. The minimum absolute atomic E-state index is 0.502. The minimum Gasteiger partial charge on any atom is -0.399 e. The number of hydrogen-bond acceptors (Lipinski definition) is 3. The first-order valence-corrected chi connectivity index (χ1v) is 4.39. The SMILES string of the molecule is NCc1cnn(-c2cccc(N)c2)c1. The van der Waals surface area contributed by atoms with Crippen LogP contribution in [0.25, 0.3) is 5.69 Å². The van der Waals surface area contributed by atoms with Gasteiger partial charge < -0.3 is 11.5 Å². The molecule has 1 aromatic carbocycles. The molecule has 0 fully saturated rings. The summed E-state index contributed by atoms with van der Waals surface area (Å²) in [6.45, 7) is 0.502. The fraction of sp³-hybridized carbons (Fsp3) is 0.100. The Morgan fingerprint density at radius 1 is 1.36 bits per heavy atom. The highest BCUT2D eigenvalue weighted by molar-refractivity contribution is 5.47. The quantitative estimate of drug-likeness (QED) is 0.688. The molecule has 1 aromatic heterocycles. The van der Waals surface area contributed by atoms with Gasteiger partial charge in [-0.25, -0.2) is 4.68 Å². The van der Waals surface area contributed by atoms with Crippen molar-refractivity contribution >= 4 is 5.69 Å². The second-order valence-electron chi connectivity index (χ2n) is 3.09. The molecule has 4 nitrogen and oxygen atoms in total. The van der Waals surface area contributed by atoms with Crippen molar-refractivity contribution in [2.24, 2.45) is 5.73 Å². The molecule has 0 aliphatic rings. The van der Waals surface area contributed by atoms with E-state index in [1.807, 2.05) is 30.5 Å². The van der Waals surface area contributed by atoms with E-state index in [0.29, 0.717) is 6.54 Å². The van der Waals surface area contributed by atoms with Gasteiger partial charge in [0.15, 0.2) is 0 Å². The molecule has 0 amide bonds. The zero-order chi connectivity index (χ0) is 9.97. The van der Waals surface area contributed by atoms with Gasteiger partial charge in [-0.2, -0.15) is 5.10 Å². The average Bonchev–Trinajstić information content (AvgIpc) is 2.66. The molecule has 0 saturated heterocycles. The first-order valence-electron chi connectivity index (χ1n) is 4.39. The van der Waals surface area contributed by atoms with Crippen LogP contribution in [-0.2, 0) is 6.54 Å². The monoisotopic (exact) mass is 188 g/mol. The molecule has 2 rings (SSSR count). The van der Waals surface area contributed by atoms with Gasteiger partial charge >= 0.3 is 0 Å². The average molecular weight is 188 g/mol. The van der Waals surface area contributed by atoms with E-state index in [-0.39, 0.29) is 0 Å². The van der Waals surface area contributed by atoms with Crippen molar-refractivity contribution in [1.29, 1.82) is 0 Å². The highest BCUT2D eigenvalue weighted by Crippen LogP contribution is 2.11. The lowest BCUT2D eigenvalue weighted by Crippen LogP contribution is -1.96. The summed E-state index contributed by atoms with van der Waals surface area (Å²) in [7, 11) is 0. The Labute approximate surface area is 82.1 Å². The van der Waals surface area contributed by atoms with Crippen LogP contribution in [0, 0.1) is 0 Å². The Bertz CT molecular complexity index is 433. The number of hydrogen-bond donors (Lipinski definition) is 2. The molecule has 0 spiro atoms. The van der Waals surface area contributed by atoms with E-state index in [9.17, 15) is 0 Å². The summed E-state index contributed by atoms with van der Waals surface area (Å²) in [6, 6.07) is 7.56. The Kier molecular flexibility index (Phi) is 2.20. The standard InChI is InChI=1S/C10H12N4/c11-5-8-6-13-14(7-8)10-3-1-2-9(12)4-10/h1-4,6-7H,5,11-12H2. The predicted molar refractivity (Wildman–Crippen MR) is 55.9 cm³/mol. The van der Waals surface area contributed by atoms with E-state index >= 15 is 0 Å². The van der Waals surface area contributed by atoms with Gasteiger partial charge in [0, 0.05) is 24.0 Å². The summed E-state index contributed by atoms with van der Waals surface area (Å²) in [6.07, 6.45) is 3.65. The molecule has 2 aromatic rings. The van der Waals surface area contributed by atoms with Crippen molar-refractivity contribution in [2.45, 2.75) is 6.54 Å². The van der Waals surface area contributed by atoms with Crippen LogP contribution in [-0.4, -0.2) is 9.78 Å². The van der Waals surface area contributed by atoms with Crippen LogP contribution in [0.4, 0.5) is 5.69 Å². The largest absolute Gasteiger partial charge is 0.399 e. The maximum absolute atomic E-state index is 5.67. The Morgan fingerprint density at radius 3 is 2.86 bits per heavy atom. The highest BCUT2D eigenvalue weighted by Gasteiger charge is 1.99. The molecule has 0 atom stereocenters. The third-order valence-electron chi connectivity index (χ3n) is 2.01. The summed E-state index contributed by atoms with van der Waals surface area (Å²) in [5, 5.41) is 4.18. The summed E-state index contributed by atoms with van der Waals surface area (Å²) < 4.78 is 1.76. The highest BCUT2D eigenvalue weighted by atomic mass is 15.3. The first kappa shape index (κ1) is 8.77. The Hall–Kier alpha value is -1.81. The zero-order valence-electron chi connectivity index (χ0n) is 7.72. The summed E-state index contributed by atoms with van der Waals surface area (Å²) in [5.74, 6) is 0. The van der Waals surface area contributed by atoms with E-state index in [4.69, 9.17) is 11.5 Å². The smallest absolute Gasteiger partial charge is 0.0666 e. The molecule has 0 bridgehead atoms. The molecule has 14 heavy (non-hydrogen) atoms. The van der Waals surface area contributed by atoms with E-state index in [1.165, 1.54) is 0 Å². The molecule has 72 valence electrons. The molecule has 4 N–H and O–H groups in total. The number of anilines is 1. The second kappa shape index (κ2) is 3.51. The van der Waals surface area contributed by atoms with Crippen LogP contribution >= 0.6 is 0 Å². The van der Waals surface area contributed by atoms with Gasteiger partial charge in [-0.15, -0.1) is 0 Å². The van der Waals surface area contributed by atoms with Gasteiger partial charge in [0.2, 0.25) is 0 Å². The molecule has 0 radical (unpaired) electrons. The van der Waals surface area contributed by atoms with Gasteiger partial charge in [-0.3, -0.25) is 0 Å². The van der Waals surface area contributed by atoms with Crippen LogP contribution in [0.1, 0.15) is 5.56 Å². The van der Waals surface area contributed by atoms with Crippen LogP contribution in [0.2, 0.25) is 0 Å². The zero-order valence-corrected chi connectivity index (χ0v) is 7.72. The lowest BCUT2D eigenvalue weighted by atomic mass is 10.3. The lowest BCUT2D eigenvalue weighted by Gasteiger charge is -2.01. The van der Waals surface area contributed by atoms with Crippen LogP contribution in [0.5, 0.6) is 0 Å². The maximum atomic E-state index is 5.67. The van der Waals surface area contributed by atoms with Crippen molar-refractivity contribution in [1.82, 2.24) is 9.78 Å². The summed E-state index contributed by atoms with van der Waals surface area (Å²) >= 11 is 0. The van der Waals surface area contributed by atoms with Crippen LogP contribution in [0.15, 0.2) is 36.7 Å². The molecule has 1 heterocycles. The number of nitrogen functional groups attached to an aromatic ring is 1. The molecule has 0 unspecified atom stereocenters. The Balaban J connectivity index is 2.39. The fourth-order valence-electron chi connectivity index (χ4n) is 1.27. The van der Waals surface area contributed by atoms with Crippen LogP contribution in [0.3, 0.4) is 0 Å². The fourth-order valence-corrected chi connectivity index (χ4v) is 1.27. The molecule has 4 heteroatoms.